The van der Waals surface area contributed by atoms with Crippen molar-refractivity contribution in [3.8, 4) is 5.75 Å². The Balaban J connectivity index is 1.41. The minimum absolute atomic E-state index is 0.144. The van der Waals surface area contributed by atoms with E-state index in [0.29, 0.717) is 5.75 Å². The molecule has 0 N–H and O–H groups in total. The molecule has 2 saturated heterocycles. The number of hydrogen-bond donors (Lipinski definition) is 0. The van der Waals surface area contributed by atoms with Crippen molar-refractivity contribution < 1.29 is 76.1 Å². The van der Waals surface area contributed by atoms with Crippen molar-refractivity contribution in [2.75, 3.05) is 13.2 Å². The molecule has 0 saturated carbocycles. The zero-order chi connectivity index (χ0) is 42.1. The number of rotatable bonds is 13. The van der Waals surface area contributed by atoms with Crippen LogP contribution in [0.1, 0.15) is 48.4 Å². The lowest BCUT2D eigenvalue weighted by atomic mass is 9.97. The molecule has 16 heteroatoms. The van der Waals surface area contributed by atoms with Gasteiger partial charge in [-0.05, 0) is 47.2 Å². The molecule has 0 aliphatic carbocycles. The summed E-state index contributed by atoms with van der Waals surface area (Å²) >= 11 is 0. The highest BCUT2D eigenvalue weighted by atomic mass is 16.8. The minimum Gasteiger partial charge on any atom is -0.463 e. The highest BCUT2D eigenvalue weighted by Gasteiger charge is 2.56. The van der Waals surface area contributed by atoms with Crippen LogP contribution in [0.4, 0.5) is 0 Å². The van der Waals surface area contributed by atoms with E-state index in [1.165, 1.54) is 24.3 Å². The zero-order valence-electron chi connectivity index (χ0n) is 32.5. The summed E-state index contributed by atoms with van der Waals surface area (Å²) in [5.41, 5.74) is 0.304. The number of hydrogen-bond acceptors (Lipinski definition) is 16. The summed E-state index contributed by atoms with van der Waals surface area (Å²) in [6.07, 6.45) is -13.6. The predicted octanol–water partition coefficient (Wildman–Crippen LogP) is 4.49. The van der Waals surface area contributed by atoms with E-state index in [1.807, 2.05) is 30.3 Å². The monoisotopic (exact) mass is 814 g/mol. The van der Waals surface area contributed by atoms with Crippen LogP contribution in [-0.4, -0.2) is 104 Å². The number of carbonyl (C=O) groups excluding carboxylic acids is 6. The second kappa shape index (κ2) is 19.4. The standard InChI is InChI=1S/C43H42O16/c1-24(44)50-22-33-35(52-25(2)45)37(53-26(3)46)39(54-27(4)47)43(56-33)57-34-23-51-42(55-32-20-19-28-13-11-12-18-31(28)21-32)38(59-41(49)30-16-9-6-10-17-30)36(34)58-40(48)29-14-7-5-8-15-29/h5-21,33-39,42-43H,22-23H2,1-4H3/t33-,34-,35+,36+,37+,38-,39-,42+,43+/m1/s1. The van der Waals surface area contributed by atoms with Gasteiger partial charge in [-0.3, -0.25) is 19.2 Å². The molecule has 4 aromatic rings. The maximum Gasteiger partial charge on any atom is 0.338 e. The Morgan fingerprint density at radius 3 is 1.66 bits per heavy atom. The Kier molecular flexibility index (Phi) is 13.9. The summed E-state index contributed by atoms with van der Waals surface area (Å²) in [5.74, 6) is -4.57. The molecule has 9 atom stereocenters. The topological polar surface area (TPSA) is 195 Å². The quantitative estimate of drug-likeness (QED) is 0.135. The Hall–Kier alpha value is -6.36. The average molecular weight is 815 g/mol. The third-order valence-electron chi connectivity index (χ3n) is 9.12. The van der Waals surface area contributed by atoms with Crippen molar-refractivity contribution in [2.45, 2.75) is 83.0 Å². The van der Waals surface area contributed by atoms with Crippen molar-refractivity contribution in [3.05, 3.63) is 114 Å². The maximum atomic E-state index is 13.8. The number of carbonyl (C=O) groups is 6. The predicted molar refractivity (Wildman–Crippen MR) is 202 cm³/mol. The fourth-order valence-corrected chi connectivity index (χ4v) is 6.61. The van der Waals surface area contributed by atoms with E-state index in [1.54, 1.807) is 48.5 Å². The average Bonchev–Trinajstić information content (AvgIpc) is 3.21. The molecule has 0 unspecified atom stereocenters. The van der Waals surface area contributed by atoms with Crippen LogP contribution in [-0.2, 0) is 61.8 Å². The molecule has 2 fully saturated rings. The van der Waals surface area contributed by atoms with E-state index in [2.05, 4.69) is 0 Å². The molecule has 310 valence electrons. The van der Waals surface area contributed by atoms with Crippen molar-refractivity contribution in [2.24, 2.45) is 0 Å². The van der Waals surface area contributed by atoms with Crippen LogP contribution < -0.4 is 4.74 Å². The lowest BCUT2D eigenvalue weighted by molar-refractivity contribution is -0.339. The summed E-state index contributed by atoms with van der Waals surface area (Å²) in [5, 5.41) is 1.78. The Morgan fingerprint density at radius 1 is 0.542 bits per heavy atom. The summed E-state index contributed by atoms with van der Waals surface area (Å²) in [6, 6.07) is 28.9. The van der Waals surface area contributed by atoms with E-state index in [9.17, 15) is 28.8 Å². The fourth-order valence-electron chi connectivity index (χ4n) is 6.61. The first-order chi connectivity index (χ1) is 28.4. The van der Waals surface area contributed by atoms with Gasteiger partial charge in [0, 0.05) is 27.7 Å². The maximum absolute atomic E-state index is 13.8. The molecule has 0 radical (unpaired) electrons. The largest absolute Gasteiger partial charge is 0.463 e. The van der Waals surface area contributed by atoms with E-state index in [4.69, 9.17) is 47.4 Å². The molecule has 16 nitrogen and oxygen atoms in total. The number of benzene rings is 4. The molecule has 2 heterocycles. The molecule has 0 spiro atoms. The fraction of sp³-hybridized carbons (Fsp3) is 0.349. The molecule has 6 rings (SSSR count). The summed E-state index contributed by atoms with van der Waals surface area (Å²) in [6.45, 7) is 3.46. The van der Waals surface area contributed by atoms with Gasteiger partial charge in [0.2, 0.25) is 12.4 Å². The Morgan fingerprint density at radius 2 is 1.07 bits per heavy atom. The second-order valence-electron chi connectivity index (χ2n) is 13.5. The highest BCUT2D eigenvalue weighted by Crippen LogP contribution is 2.35. The van der Waals surface area contributed by atoms with E-state index >= 15 is 0 Å². The van der Waals surface area contributed by atoms with Gasteiger partial charge in [0.1, 0.15) is 24.6 Å². The van der Waals surface area contributed by atoms with Gasteiger partial charge < -0.3 is 47.4 Å². The normalized spacial score (nSPS) is 25.1. The minimum atomic E-state index is -1.70. The van der Waals surface area contributed by atoms with Gasteiger partial charge in [0.15, 0.2) is 30.7 Å². The van der Waals surface area contributed by atoms with Crippen LogP contribution >= 0.6 is 0 Å². The summed E-state index contributed by atoms with van der Waals surface area (Å²) in [4.78, 5) is 76.8. The van der Waals surface area contributed by atoms with Gasteiger partial charge in [0.25, 0.3) is 0 Å². The van der Waals surface area contributed by atoms with E-state index in [-0.39, 0.29) is 11.1 Å². The van der Waals surface area contributed by atoms with Crippen LogP contribution in [0.2, 0.25) is 0 Å². The summed E-state index contributed by atoms with van der Waals surface area (Å²) in [7, 11) is 0. The lowest BCUT2D eigenvalue weighted by Crippen LogP contribution is -2.65. The van der Waals surface area contributed by atoms with Crippen molar-refractivity contribution in [1.29, 1.82) is 0 Å². The molecular weight excluding hydrogens is 772 g/mol. The lowest BCUT2D eigenvalue weighted by Gasteiger charge is -2.46. The Labute approximate surface area is 338 Å². The molecule has 0 amide bonds. The first-order valence-electron chi connectivity index (χ1n) is 18.6. The smallest absolute Gasteiger partial charge is 0.338 e. The van der Waals surface area contributed by atoms with E-state index in [0.717, 1.165) is 38.5 Å². The van der Waals surface area contributed by atoms with Gasteiger partial charge in [-0.25, -0.2) is 9.59 Å². The molecule has 2 aliphatic heterocycles. The third-order valence-corrected chi connectivity index (χ3v) is 9.12. The first kappa shape index (κ1) is 42.3. The van der Waals surface area contributed by atoms with Crippen LogP contribution in [0.15, 0.2) is 103 Å². The molecule has 0 bridgehead atoms. The van der Waals surface area contributed by atoms with Crippen LogP contribution in [0, 0.1) is 0 Å². The van der Waals surface area contributed by atoms with Gasteiger partial charge in [-0.15, -0.1) is 0 Å². The number of esters is 6. The van der Waals surface area contributed by atoms with Gasteiger partial charge in [0.05, 0.1) is 17.7 Å². The Bertz CT molecular complexity index is 2120. The van der Waals surface area contributed by atoms with Crippen LogP contribution in [0.5, 0.6) is 5.75 Å². The zero-order valence-corrected chi connectivity index (χ0v) is 32.5. The van der Waals surface area contributed by atoms with Crippen molar-refractivity contribution in [1.82, 2.24) is 0 Å². The van der Waals surface area contributed by atoms with Crippen molar-refractivity contribution >= 4 is 46.6 Å². The summed E-state index contributed by atoms with van der Waals surface area (Å²) < 4.78 is 59.2. The molecule has 0 aromatic heterocycles. The first-order valence-corrected chi connectivity index (χ1v) is 18.6. The molecule has 2 aliphatic rings. The van der Waals surface area contributed by atoms with E-state index < -0.39 is 104 Å². The number of fused-ring (bicyclic) bond motifs is 1. The van der Waals surface area contributed by atoms with Gasteiger partial charge in [-0.1, -0.05) is 66.7 Å². The van der Waals surface area contributed by atoms with Crippen LogP contribution in [0.3, 0.4) is 0 Å². The second-order valence-corrected chi connectivity index (χ2v) is 13.5. The molecule has 4 aromatic carbocycles. The van der Waals surface area contributed by atoms with Crippen molar-refractivity contribution in [3.63, 3.8) is 0 Å². The highest BCUT2D eigenvalue weighted by molar-refractivity contribution is 5.90. The molecule has 59 heavy (non-hydrogen) atoms. The SMILES string of the molecule is CC(=O)OC[C@H]1O[C@@H](O[C@@H]2CO[C@@H](Oc3ccc4ccccc4c3)[C@H](OC(=O)c3ccccc3)[C@H]2OC(=O)c2ccccc2)[C@H](OC(C)=O)[C@@H](OC(C)=O)[C@H]1OC(C)=O. The molecular formula is C43H42O16. The number of ether oxygens (including phenoxy) is 10. The van der Waals surface area contributed by atoms with Gasteiger partial charge >= 0.3 is 35.8 Å². The third kappa shape index (κ3) is 11.0. The van der Waals surface area contributed by atoms with Crippen LogP contribution in [0.25, 0.3) is 10.8 Å². The van der Waals surface area contributed by atoms with Gasteiger partial charge in [-0.2, -0.15) is 0 Å².